The Balaban J connectivity index is 2.18. The number of nitrogens with zero attached hydrogens (tertiary/aromatic N) is 3. The second kappa shape index (κ2) is 7.45. The summed E-state index contributed by atoms with van der Waals surface area (Å²) in [6.45, 7) is 9.64. The lowest BCUT2D eigenvalue weighted by atomic mass is 9.67. The molecule has 1 unspecified atom stereocenters. The Morgan fingerprint density at radius 3 is 2.56 bits per heavy atom. The fraction of sp³-hybridized carbons (Fsp3) is 0.706. The van der Waals surface area contributed by atoms with Crippen LogP contribution in [-0.4, -0.2) is 40.4 Å². The summed E-state index contributed by atoms with van der Waals surface area (Å²) in [5.41, 5.74) is 5.47. The molecule has 1 aromatic rings. The van der Waals surface area contributed by atoms with Crippen molar-refractivity contribution in [3.63, 3.8) is 0 Å². The molecule has 140 valence electrons. The Kier molecular flexibility index (Phi) is 5.93. The van der Waals surface area contributed by atoms with Gasteiger partial charge in [0.15, 0.2) is 5.82 Å². The summed E-state index contributed by atoms with van der Waals surface area (Å²) in [4.78, 5) is 22.2. The van der Waals surface area contributed by atoms with Gasteiger partial charge in [-0.25, -0.2) is 14.8 Å². The van der Waals surface area contributed by atoms with E-state index in [1.807, 2.05) is 0 Å². The number of amides is 1. The number of hydrogen-bond donors (Lipinski definition) is 2. The van der Waals surface area contributed by atoms with Gasteiger partial charge in [0.2, 0.25) is 0 Å². The minimum Gasteiger partial charge on any atom is -0.445 e. The first-order chi connectivity index (χ1) is 11.6. The topological polar surface area (TPSA) is 102 Å². The average molecular weight is 415 g/mol. The lowest BCUT2D eigenvalue weighted by molar-refractivity contribution is -0.0598. The van der Waals surface area contributed by atoms with Crippen LogP contribution in [0.1, 0.15) is 46.2 Å². The maximum atomic E-state index is 11.4. The average Bonchev–Trinajstić information content (AvgIpc) is 2.52. The Hall–Kier alpha value is -1.41. The second-order valence-corrected chi connectivity index (χ2v) is 8.76. The van der Waals surface area contributed by atoms with Crippen LogP contribution in [0.25, 0.3) is 0 Å². The van der Waals surface area contributed by atoms with E-state index in [1.54, 1.807) is 6.20 Å². The van der Waals surface area contributed by atoms with Crippen LogP contribution in [0.15, 0.2) is 10.8 Å². The lowest BCUT2D eigenvalue weighted by Crippen LogP contribution is -2.51. The molecule has 0 saturated carbocycles. The molecule has 3 N–H and O–H groups in total. The number of primary amides is 1. The van der Waals surface area contributed by atoms with Crippen molar-refractivity contribution < 1.29 is 14.6 Å². The van der Waals surface area contributed by atoms with Crippen LogP contribution in [0.5, 0.6) is 0 Å². The van der Waals surface area contributed by atoms with Crippen LogP contribution in [0.3, 0.4) is 0 Å². The molecule has 0 spiro atoms. The molecule has 0 radical (unpaired) electrons. The molecular weight excluding hydrogens is 388 g/mol. The van der Waals surface area contributed by atoms with E-state index < -0.39 is 6.09 Å². The van der Waals surface area contributed by atoms with Gasteiger partial charge in [-0.05, 0) is 34.2 Å². The summed E-state index contributed by atoms with van der Waals surface area (Å²) in [6, 6.07) is 0. The first-order valence-electron chi connectivity index (χ1n) is 8.40. The SMILES string of the molecule is CC(C)(C)C(OC(N)=O)C1(C)CCN(c2ncc(Br)nc2CO)CC1. The number of anilines is 1. The quantitative estimate of drug-likeness (QED) is 0.784. The number of aliphatic hydroxyl groups is 1. The molecular formula is C17H27BrN4O3. The highest BCUT2D eigenvalue weighted by Crippen LogP contribution is 2.44. The number of aliphatic hydroxyl groups excluding tert-OH is 1. The molecule has 1 fully saturated rings. The minimum atomic E-state index is -0.732. The van der Waals surface area contributed by atoms with Crippen molar-refractivity contribution in [2.24, 2.45) is 16.6 Å². The maximum absolute atomic E-state index is 11.4. The summed E-state index contributed by atoms with van der Waals surface area (Å²) in [5, 5.41) is 9.55. The Bertz CT molecular complexity index is 625. The maximum Gasteiger partial charge on any atom is 0.404 e. The molecule has 1 saturated heterocycles. The van der Waals surface area contributed by atoms with Gasteiger partial charge < -0.3 is 20.5 Å². The molecule has 1 amide bonds. The predicted molar refractivity (Wildman–Crippen MR) is 99.1 cm³/mol. The van der Waals surface area contributed by atoms with Crippen LogP contribution in [0.2, 0.25) is 0 Å². The van der Waals surface area contributed by atoms with Crippen molar-refractivity contribution in [1.82, 2.24) is 9.97 Å². The van der Waals surface area contributed by atoms with E-state index in [2.05, 4.69) is 58.5 Å². The van der Waals surface area contributed by atoms with E-state index in [1.165, 1.54) is 0 Å². The number of rotatable bonds is 4. The molecule has 1 aliphatic rings. The lowest BCUT2D eigenvalue weighted by Gasteiger charge is -2.48. The van der Waals surface area contributed by atoms with Crippen molar-refractivity contribution >= 4 is 27.8 Å². The number of halogens is 1. The summed E-state index contributed by atoms with van der Waals surface area (Å²) in [6.07, 6.45) is 2.28. The van der Waals surface area contributed by atoms with Gasteiger partial charge in [-0.15, -0.1) is 0 Å². The fourth-order valence-corrected chi connectivity index (χ4v) is 4.06. The molecule has 0 aliphatic carbocycles. The van der Waals surface area contributed by atoms with Crippen LogP contribution < -0.4 is 10.6 Å². The summed E-state index contributed by atoms with van der Waals surface area (Å²) < 4.78 is 6.11. The smallest absolute Gasteiger partial charge is 0.404 e. The van der Waals surface area contributed by atoms with E-state index in [9.17, 15) is 9.90 Å². The third-order valence-corrected chi connectivity index (χ3v) is 5.18. The van der Waals surface area contributed by atoms with Crippen LogP contribution >= 0.6 is 15.9 Å². The van der Waals surface area contributed by atoms with Gasteiger partial charge in [0.1, 0.15) is 16.4 Å². The number of carbonyl (C=O) groups is 1. The zero-order chi connectivity index (χ0) is 18.8. The number of piperidine rings is 1. The van der Waals surface area contributed by atoms with Crippen molar-refractivity contribution in [3.8, 4) is 0 Å². The Morgan fingerprint density at radius 1 is 1.48 bits per heavy atom. The molecule has 2 heterocycles. The monoisotopic (exact) mass is 414 g/mol. The fourth-order valence-electron chi connectivity index (χ4n) is 3.74. The molecule has 0 bridgehead atoms. The van der Waals surface area contributed by atoms with Crippen LogP contribution in [0.4, 0.5) is 10.6 Å². The normalized spacial score (nSPS) is 18.7. The highest BCUT2D eigenvalue weighted by Gasteiger charge is 2.46. The number of ether oxygens (including phenoxy) is 1. The standard InChI is InChI=1S/C17H27BrN4O3/c1-16(2,3)14(25-15(19)24)17(4)5-7-22(8-6-17)13-11(10-23)21-12(18)9-20-13/h9,14,23H,5-8,10H2,1-4H3,(H2,19,24). The number of aromatic nitrogens is 2. The predicted octanol–water partition coefficient (Wildman–Crippen LogP) is 2.85. The number of carbonyl (C=O) groups excluding carboxylic acids is 1. The van der Waals surface area contributed by atoms with Gasteiger partial charge in [-0.1, -0.05) is 27.7 Å². The van der Waals surface area contributed by atoms with Crippen molar-refractivity contribution in [2.75, 3.05) is 18.0 Å². The molecule has 8 heteroatoms. The molecule has 1 atom stereocenters. The molecule has 25 heavy (non-hydrogen) atoms. The van der Waals surface area contributed by atoms with Gasteiger partial charge >= 0.3 is 6.09 Å². The van der Waals surface area contributed by atoms with E-state index in [0.29, 0.717) is 16.1 Å². The molecule has 0 aromatic carbocycles. The summed E-state index contributed by atoms with van der Waals surface area (Å²) in [5.74, 6) is 0.705. The molecule has 7 nitrogen and oxygen atoms in total. The molecule has 1 aliphatic heterocycles. The van der Waals surface area contributed by atoms with Gasteiger partial charge in [0, 0.05) is 18.5 Å². The zero-order valence-corrected chi connectivity index (χ0v) is 16.8. The zero-order valence-electron chi connectivity index (χ0n) is 15.3. The van der Waals surface area contributed by atoms with Gasteiger partial charge in [-0.2, -0.15) is 0 Å². The summed E-state index contributed by atoms with van der Waals surface area (Å²) in [7, 11) is 0. The van der Waals surface area contributed by atoms with Crippen molar-refractivity contribution in [3.05, 3.63) is 16.5 Å². The largest absolute Gasteiger partial charge is 0.445 e. The molecule has 2 rings (SSSR count). The Labute approximate surface area is 157 Å². The van der Waals surface area contributed by atoms with E-state index in [0.717, 1.165) is 25.9 Å². The third kappa shape index (κ3) is 4.61. The van der Waals surface area contributed by atoms with E-state index >= 15 is 0 Å². The van der Waals surface area contributed by atoms with Gasteiger partial charge in [0.05, 0.1) is 12.8 Å². The summed E-state index contributed by atoms with van der Waals surface area (Å²) >= 11 is 3.28. The van der Waals surface area contributed by atoms with E-state index in [-0.39, 0.29) is 23.5 Å². The first-order valence-corrected chi connectivity index (χ1v) is 9.19. The minimum absolute atomic E-state index is 0.162. The van der Waals surface area contributed by atoms with Crippen LogP contribution in [0, 0.1) is 10.8 Å². The number of hydrogen-bond acceptors (Lipinski definition) is 6. The Morgan fingerprint density at radius 2 is 2.08 bits per heavy atom. The highest BCUT2D eigenvalue weighted by molar-refractivity contribution is 9.10. The van der Waals surface area contributed by atoms with Crippen LogP contribution in [-0.2, 0) is 11.3 Å². The van der Waals surface area contributed by atoms with E-state index in [4.69, 9.17) is 10.5 Å². The van der Waals surface area contributed by atoms with Gasteiger partial charge in [-0.3, -0.25) is 0 Å². The van der Waals surface area contributed by atoms with Gasteiger partial charge in [0.25, 0.3) is 0 Å². The number of nitrogens with two attached hydrogens (primary N) is 1. The highest BCUT2D eigenvalue weighted by atomic mass is 79.9. The van der Waals surface area contributed by atoms with Crippen molar-refractivity contribution in [2.45, 2.75) is 53.2 Å². The third-order valence-electron chi connectivity index (χ3n) is 4.80. The first kappa shape index (κ1) is 19.9. The van der Waals surface area contributed by atoms with Crippen molar-refractivity contribution in [1.29, 1.82) is 0 Å². The second-order valence-electron chi connectivity index (χ2n) is 7.95. The molecule has 1 aromatic heterocycles.